The summed E-state index contributed by atoms with van der Waals surface area (Å²) in [4.78, 5) is 2.39. The summed E-state index contributed by atoms with van der Waals surface area (Å²) in [5.74, 6) is 0. The van der Waals surface area contributed by atoms with Crippen molar-refractivity contribution in [2.24, 2.45) is 0 Å². The van der Waals surface area contributed by atoms with Crippen molar-refractivity contribution in [1.29, 1.82) is 0 Å². The average molecular weight is 714 g/mol. The van der Waals surface area contributed by atoms with Crippen LogP contribution in [-0.4, -0.2) is 0 Å². The van der Waals surface area contributed by atoms with E-state index in [1.165, 1.54) is 49.2 Å². The first kappa shape index (κ1) is 32.0. The lowest BCUT2D eigenvalue weighted by Gasteiger charge is -2.27. The lowest BCUT2D eigenvalue weighted by molar-refractivity contribution is 0.673. The maximum absolute atomic E-state index is 6.54. The van der Waals surface area contributed by atoms with Crippen molar-refractivity contribution in [3.63, 3.8) is 0 Å². The molecule has 0 bridgehead atoms. The molecule has 0 aliphatic carbocycles. The van der Waals surface area contributed by atoms with Gasteiger partial charge in [0.25, 0.3) is 0 Å². The lowest BCUT2D eigenvalue weighted by atomic mass is 9.97. The van der Waals surface area contributed by atoms with Crippen LogP contribution in [-0.2, 0) is 0 Å². The molecule has 0 saturated heterocycles. The monoisotopic (exact) mass is 713 g/mol. The van der Waals surface area contributed by atoms with E-state index in [-0.39, 0.29) is 0 Å². The first-order valence-corrected chi connectivity index (χ1v) is 19.2. The fourth-order valence-electron chi connectivity index (χ4n) is 8.52. The Hall–Kier alpha value is -7.42. The van der Waals surface area contributed by atoms with Gasteiger partial charge in [-0.05, 0) is 97.4 Å². The molecule has 262 valence electrons. The SMILES string of the molecule is c1ccc(-c2ccc(-c3ccc(N(c4ccc(-c5cccc6oc7c8ccccc8ccc7c56)cc4)c4cccc5c4ccc4ccccc45)cc3)cc2)cc1. The molecule has 56 heavy (non-hydrogen) atoms. The minimum atomic E-state index is 0.900. The van der Waals surface area contributed by atoms with Crippen LogP contribution >= 0.6 is 0 Å². The Morgan fingerprint density at radius 1 is 0.304 bits per heavy atom. The number of furan rings is 1. The summed E-state index contributed by atoms with van der Waals surface area (Å²) < 4.78 is 6.54. The van der Waals surface area contributed by atoms with Gasteiger partial charge < -0.3 is 9.32 Å². The summed E-state index contributed by atoms with van der Waals surface area (Å²) in [5, 5.41) is 9.54. The molecule has 0 atom stereocenters. The Balaban J connectivity index is 1.02. The van der Waals surface area contributed by atoms with Crippen LogP contribution in [0, 0.1) is 0 Å². The Kier molecular flexibility index (Phi) is 7.53. The third-order valence-corrected chi connectivity index (χ3v) is 11.3. The molecule has 0 radical (unpaired) electrons. The largest absolute Gasteiger partial charge is 0.455 e. The highest BCUT2D eigenvalue weighted by Gasteiger charge is 2.19. The van der Waals surface area contributed by atoms with Gasteiger partial charge in [-0.3, -0.25) is 0 Å². The summed E-state index contributed by atoms with van der Waals surface area (Å²) in [6, 6.07) is 76.4. The van der Waals surface area contributed by atoms with Crippen LogP contribution in [0.15, 0.2) is 217 Å². The van der Waals surface area contributed by atoms with E-state index in [9.17, 15) is 0 Å². The maximum Gasteiger partial charge on any atom is 0.143 e. The third kappa shape index (κ3) is 5.34. The molecule has 1 heterocycles. The van der Waals surface area contributed by atoms with Crippen molar-refractivity contribution in [2.45, 2.75) is 0 Å². The fraction of sp³-hybridized carbons (Fsp3) is 0. The van der Waals surface area contributed by atoms with Gasteiger partial charge >= 0.3 is 0 Å². The van der Waals surface area contributed by atoms with E-state index < -0.39 is 0 Å². The van der Waals surface area contributed by atoms with E-state index in [1.807, 2.05) is 0 Å². The first-order valence-electron chi connectivity index (χ1n) is 19.2. The number of benzene rings is 10. The predicted octanol–water partition coefficient (Wildman–Crippen LogP) is 15.5. The Labute approximate surface area is 325 Å². The van der Waals surface area contributed by atoms with E-state index in [2.05, 4.69) is 217 Å². The summed E-state index contributed by atoms with van der Waals surface area (Å²) in [5.41, 5.74) is 12.3. The zero-order valence-electron chi connectivity index (χ0n) is 30.6. The van der Waals surface area contributed by atoms with Crippen LogP contribution in [0.25, 0.3) is 87.6 Å². The van der Waals surface area contributed by atoms with Crippen LogP contribution in [0.3, 0.4) is 0 Å². The minimum Gasteiger partial charge on any atom is -0.455 e. The van der Waals surface area contributed by atoms with E-state index in [4.69, 9.17) is 4.42 Å². The topological polar surface area (TPSA) is 16.4 Å². The Morgan fingerprint density at radius 2 is 0.821 bits per heavy atom. The van der Waals surface area contributed by atoms with Gasteiger partial charge in [0.05, 0.1) is 5.69 Å². The molecular formula is C54H35NO. The molecule has 0 spiro atoms. The van der Waals surface area contributed by atoms with Gasteiger partial charge in [-0.1, -0.05) is 170 Å². The molecule has 2 heteroatoms. The fourth-order valence-corrected chi connectivity index (χ4v) is 8.52. The van der Waals surface area contributed by atoms with Crippen LogP contribution in [0.4, 0.5) is 17.1 Å². The van der Waals surface area contributed by atoms with E-state index >= 15 is 0 Å². The molecule has 11 aromatic rings. The number of hydrogen-bond donors (Lipinski definition) is 0. The van der Waals surface area contributed by atoms with Gasteiger partial charge in [0.1, 0.15) is 11.2 Å². The Bertz CT molecular complexity index is 3210. The highest BCUT2D eigenvalue weighted by molar-refractivity contribution is 6.19. The van der Waals surface area contributed by atoms with E-state index in [1.54, 1.807) is 0 Å². The third-order valence-electron chi connectivity index (χ3n) is 11.3. The number of fused-ring (bicyclic) bond motifs is 8. The molecular weight excluding hydrogens is 679 g/mol. The normalized spacial score (nSPS) is 11.6. The van der Waals surface area contributed by atoms with Crippen molar-refractivity contribution < 1.29 is 4.42 Å². The summed E-state index contributed by atoms with van der Waals surface area (Å²) >= 11 is 0. The van der Waals surface area contributed by atoms with Crippen molar-refractivity contribution in [1.82, 2.24) is 0 Å². The second kappa shape index (κ2) is 13.2. The van der Waals surface area contributed by atoms with E-state index in [0.717, 1.165) is 55.5 Å². The minimum absolute atomic E-state index is 0.900. The number of rotatable bonds is 6. The van der Waals surface area contributed by atoms with E-state index in [0.29, 0.717) is 0 Å². The molecule has 0 N–H and O–H groups in total. The van der Waals surface area contributed by atoms with Gasteiger partial charge in [-0.2, -0.15) is 0 Å². The van der Waals surface area contributed by atoms with Gasteiger partial charge in [-0.15, -0.1) is 0 Å². The summed E-state index contributed by atoms with van der Waals surface area (Å²) in [6.07, 6.45) is 0. The van der Waals surface area contributed by atoms with Crippen LogP contribution in [0.1, 0.15) is 0 Å². The zero-order valence-corrected chi connectivity index (χ0v) is 30.6. The molecule has 1 aromatic heterocycles. The quantitative estimate of drug-likeness (QED) is 0.160. The molecule has 11 rings (SSSR count). The predicted molar refractivity (Wildman–Crippen MR) is 237 cm³/mol. The highest BCUT2D eigenvalue weighted by Crippen LogP contribution is 2.43. The molecule has 0 amide bonds. The number of nitrogens with zero attached hydrogens (tertiary/aromatic N) is 1. The molecule has 10 aromatic carbocycles. The van der Waals surface area contributed by atoms with Crippen molar-refractivity contribution >= 4 is 71.3 Å². The van der Waals surface area contributed by atoms with Crippen LogP contribution in [0.2, 0.25) is 0 Å². The molecule has 0 unspecified atom stereocenters. The number of anilines is 3. The molecule has 0 aliphatic heterocycles. The van der Waals surface area contributed by atoms with Crippen LogP contribution < -0.4 is 4.90 Å². The lowest BCUT2D eigenvalue weighted by Crippen LogP contribution is -2.10. The van der Waals surface area contributed by atoms with Gasteiger partial charge in [0.15, 0.2) is 0 Å². The van der Waals surface area contributed by atoms with Gasteiger partial charge in [0.2, 0.25) is 0 Å². The van der Waals surface area contributed by atoms with Gasteiger partial charge in [0, 0.05) is 32.9 Å². The van der Waals surface area contributed by atoms with Gasteiger partial charge in [-0.25, -0.2) is 0 Å². The molecule has 2 nitrogen and oxygen atoms in total. The summed E-state index contributed by atoms with van der Waals surface area (Å²) in [7, 11) is 0. The highest BCUT2D eigenvalue weighted by atomic mass is 16.3. The zero-order chi connectivity index (χ0) is 37.0. The standard InChI is InChI=1S/C54H35NO/c1-2-10-36(11-3-1)37-20-22-38(23-21-37)39-24-30-43(31-25-39)55(51-18-8-17-48-45-14-6-4-12-40(45)28-34-49(48)51)44-32-26-42(27-33-44)46-16-9-19-52-53(46)50-35-29-41-13-5-7-15-47(41)54(50)56-52/h1-35H. The summed E-state index contributed by atoms with van der Waals surface area (Å²) in [6.45, 7) is 0. The first-order chi connectivity index (χ1) is 27.8. The maximum atomic E-state index is 6.54. The van der Waals surface area contributed by atoms with Crippen molar-refractivity contribution in [2.75, 3.05) is 4.90 Å². The smallest absolute Gasteiger partial charge is 0.143 e. The van der Waals surface area contributed by atoms with Crippen molar-refractivity contribution in [3.05, 3.63) is 212 Å². The molecule has 0 aliphatic rings. The Morgan fingerprint density at radius 3 is 1.52 bits per heavy atom. The average Bonchev–Trinajstić information content (AvgIpc) is 3.67. The molecule has 0 fully saturated rings. The second-order valence-corrected chi connectivity index (χ2v) is 14.5. The van der Waals surface area contributed by atoms with Crippen molar-refractivity contribution in [3.8, 4) is 33.4 Å². The second-order valence-electron chi connectivity index (χ2n) is 14.5. The number of hydrogen-bond acceptors (Lipinski definition) is 2. The van der Waals surface area contributed by atoms with Crippen LogP contribution in [0.5, 0.6) is 0 Å². The molecule has 0 saturated carbocycles.